The minimum atomic E-state index is -7.08. The van der Waals surface area contributed by atoms with Crippen LogP contribution in [0.15, 0.2) is 34.3 Å². The summed E-state index contributed by atoms with van der Waals surface area (Å²) in [6, 6.07) is 8.53. The molecule has 2 aromatic carbocycles. The van der Waals surface area contributed by atoms with E-state index in [1.54, 1.807) is 0 Å². The SMILES string of the molecule is CC(C)(C)c1cc(C=N[C@@H]2CCCC[C@H]2N=Cc2cc(C(C)(C)C)cc(C(C)(C)C)c2O)c(O)c(C(C)(C)C)c1.[Cr].[O-]C(F)(F)C(F)(C(F)(F)F)C(F)(F)F. The van der Waals surface area contributed by atoms with Crippen LogP contribution in [0.3, 0.4) is 0 Å². The summed E-state index contributed by atoms with van der Waals surface area (Å²) in [5, 5.41) is 31.7. The Labute approximate surface area is 329 Å². The molecule has 1 aliphatic carbocycles. The number of nitrogens with zero attached hydrogens (tertiary/aromatic N) is 2. The van der Waals surface area contributed by atoms with E-state index in [1.807, 2.05) is 12.4 Å². The standard InChI is InChI=1S/C36H54N2O2.C4F9O.Cr/c1-33(2,3)25-17-23(31(39)27(19-25)35(7,8)9)21-37-29-15-13-14-16-30(29)38-22-24-18-26(34(4,5)6)20-28(32(24)40)36(10,11)12;5-1(2(6,7)8,3(9,10)11)4(12,13)14;/h17-22,29-30,39-40H,13-16H2,1-12H3;;/q;-1;/t29-,30-;;/m1../s1. The maximum absolute atomic E-state index is 12.0. The molecule has 5 nitrogen and oxygen atoms in total. The zero-order valence-electron chi connectivity index (χ0n) is 33.5. The van der Waals surface area contributed by atoms with Gasteiger partial charge in [0.05, 0.1) is 12.1 Å². The zero-order chi connectivity index (χ0) is 42.3. The van der Waals surface area contributed by atoms with Gasteiger partial charge in [0.25, 0.3) is 0 Å². The van der Waals surface area contributed by atoms with Gasteiger partial charge in [-0.15, -0.1) is 0 Å². The largest absolute Gasteiger partial charge is 0.795 e. The van der Waals surface area contributed by atoms with Crippen molar-refractivity contribution in [2.24, 2.45) is 9.98 Å². The minimum Gasteiger partial charge on any atom is -0.795 e. The Hall–Kier alpha value is -2.76. The van der Waals surface area contributed by atoms with Crippen molar-refractivity contribution in [1.29, 1.82) is 0 Å². The molecule has 0 bridgehead atoms. The molecule has 2 atom stereocenters. The first-order chi connectivity index (χ1) is 23.9. The number of rotatable bonds is 5. The Morgan fingerprint density at radius 3 is 1.04 bits per heavy atom. The first-order valence-electron chi connectivity index (χ1n) is 17.7. The fourth-order valence-electron chi connectivity index (χ4n) is 5.80. The summed E-state index contributed by atoms with van der Waals surface area (Å²) < 4.78 is 103. The van der Waals surface area contributed by atoms with Gasteiger partial charge in [-0.05, 0) is 57.8 Å². The van der Waals surface area contributed by atoms with Crippen LogP contribution in [0.5, 0.6) is 11.5 Å². The van der Waals surface area contributed by atoms with Crippen molar-refractivity contribution in [1.82, 2.24) is 0 Å². The molecule has 1 aliphatic rings. The molecule has 0 saturated heterocycles. The van der Waals surface area contributed by atoms with E-state index in [0.717, 1.165) is 47.9 Å². The van der Waals surface area contributed by atoms with Crippen LogP contribution in [0.4, 0.5) is 39.5 Å². The fourth-order valence-corrected chi connectivity index (χ4v) is 5.80. The van der Waals surface area contributed by atoms with Gasteiger partial charge in [-0.25, -0.2) is 13.2 Å². The van der Waals surface area contributed by atoms with Crippen molar-refractivity contribution in [3.8, 4) is 11.5 Å². The van der Waals surface area contributed by atoms with E-state index >= 15 is 0 Å². The van der Waals surface area contributed by atoms with Crippen LogP contribution in [0, 0.1) is 0 Å². The van der Waals surface area contributed by atoms with Gasteiger partial charge in [-0.2, -0.15) is 26.3 Å². The Morgan fingerprint density at radius 2 is 0.836 bits per heavy atom. The number of benzene rings is 2. The summed E-state index contributed by atoms with van der Waals surface area (Å²) in [5.41, 5.74) is -1.68. The number of aliphatic imine (C=N–C) groups is 2. The summed E-state index contributed by atoms with van der Waals surface area (Å²) in [4.78, 5) is 10.1. The molecule has 3 rings (SSSR count). The molecule has 0 radical (unpaired) electrons. The van der Waals surface area contributed by atoms with E-state index in [2.05, 4.69) is 107 Å². The molecule has 0 heterocycles. The van der Waals surface area contributed by atoms with Crippen molar-refractivity contribution in [2.45, 2.75) is 167 Å². The average Bonchev–Trinajstić information content (AvgIpc) is 2.96. The molecule has 15 heteroatoms. The van der Waals surface area contributed by atoms with Crippen molar-refractivity contribution in [2.75, 3.05) is 0 Å². The third-order valence-corrected chi connectivity index (χ3v) is 9.31. The monoisotopic (exact) mass is 833 g/mol. The second-order valence-electron chi connectivity index (χ2n) is 18.1. The van der Waals surface area contributed by atoms with E-state index < -0.39 is 24.1 Å². The van der Waals surface area contributed by atoms with Crippen LogP contribution < -0.4 is 5.11 Å². The van der Waals surface area contributed by atoms with Gasteiger partial charge < -0.3 is 15.3 Å². The zero-order valence-corrected chi connectivity index (χ0v) is 34.7. The van der Waals surface area contributed by atoms with Crippen LogP contribution >= 0.6 is 0 Å². The summed E-state index contributed by atoms with van der Waals surface area (Å²) >= 11 is 0. The number of halogens is 9. The van der Waals surface area contributed by atoms with Crippen LogP contribution in [0.25, 0.3) is 0 Å². The van der Waals surface area contributed by atoms with Crippen molar-refractivity contribution < 1.29 is 72.2 Å². The number of aromatic hydroxyl groups is 2. The number of alkyl halides is 9. The summed E-state index contributed by atoms with van der Waals surface area (Å²) in [6.45, 7) is 26.0. The second kappa shape index (κ2) is 17.0. The van der Waals surface area contributed by atoms with Crippen LogP contribution in [0.1, 0.15) is 142 Å². The normalized spacial score (nSPS) is 18.3. The first kappa shape index (κ1) is 50.3. The fraction of sp³-hybridized carbons (Fsp3) is 0.650. The minimum absolute atomic E-state index is 0. The smallest absolute Gasteiger partial charge is 0.436 e. The number of hydrogen-bond donors (Lipinski definition) is 2. The quantitative estimate of drug-likeness (QED) is 0.232. The Kier molecular flexibility index (Phi) is 15.5. The Balaban J connectivity index is 0.000000857. The van der Waals surface area contributed by atoms with E-state index in [4.69, 9.17) is 9.98 Å². The van der Waals surface area contributed by atoms with Crippen molar-refractivity contribution in [3.63, 3.8) is 0 Å². The van der Waals surface area contributed by atoms with E-state index in [9.17, 15) is 54.8 Å². The summed E-state index contributed by atoms with van der Waals surface area (Å²) in [7, 11) is 0. The second-order valence-corrected chi connectivity index (χ2v) is 18.1. The van der Waals surface area contributed by atoms with Crippen LogP contribution in [-0.4, -0.2) is 58.9 Å². The maximum Gasteiger partial charge on any atom is 0.436 e. The van der Waals surface area contributed by atoms with Gasteiger partial charge >= 0.3 is 18.0 Å². The van der Waals surface area contributed by atoms with E-state index in [1.165, 1.54) is 11.1 Å². The molecular weight excluding hydrogens is 779 g/mol. The van der Waals surface area contributed by atoms with E-state index in [0.29, 0.717) is 11.5 Å². The number of hydrogen-bond acceptors (Lipinski definition) is 5. The summed E-state index contributed by atoms with van der Waals surface area (Å²) in [6.07, 6.45) is -13.0. The van der Waals surface area contributed by atoms with Crippen molar-refractivity contribution >= 4 is 12.4 Å². The molecule has 1 saturated carbocycles. The van der Waals surface area contributed by atoms with E-state index in [-0.39, 0.29) is 51.1 Å². The Morgan fingerprint density at radius 1 is 0.545 bits per heavy atom. The molecule has 0 aliphatic heterocycles. The van der Waals surface area contributed by atoms with Gasteiger partial charge in [-0.3, -0.25) is 9.98 Å². The van der Waals surface area contributed by atoms with Crippen LogP contribution in [-0.2, 0) is 39.0 Å². The average molecular weight is 834 g/mol. The molecule has 312 valence electrons. The van der Waals surface area contributed by atoms with Gasteiger partial charge in [0.2, 0.25) is 6.11 Å². The molecule has 0 amide bonds. The first-order valence-corrected chi connectivity index (χ1v) is 17.7. The molecule has 55 heavy (non-hydrogen) atoms. The number of phenolic OH excluding ortho intramolecular Hbond substituents is 2. The Bertz CT molecular complexity index is 1530. The van der Waals surface area contributed by atoms with Gasteiger partial charge in [0.1, 0.15) is 11.5 Å². The molecule has 1 fully saturated rings. The molecular formula is C40H54CrF9N2O3-. The topological polar surface area (TPSA) is 88.2 Å². The molecule has 2 aromatic rings. The molecule has 0 spiro atoms. The molecule has 0 unspecified atom stereocenters. The molecule has 0 aromatic heterocycles. The van der Waals surface area contributed by atoms with Gasteiger partial charge in [-0.1, -0.05) is 108 Å². The van der Waals surface area contributed by atoms with Crippen molar-refractivity contribution in [3.05, 3.63) is 57.6 Å². The predicted molar refractivity (Wildman–Crippen MR) is 193 cm³/mol. The van der Waals surface area contributed by atoms with Crippen LogP contribution in [0.2, 0.25) is 0 Å². The molecule has 2 N–H and O–H groups in total. The van der Waals surface area contributed by atoms with Gasteiger partial charge in [0.15, 0.2) is 0 Å². The third-order valence-electron chi connectivity index (χ3n) is 9.31. The maximum atomic E-state index is 12.0. The summed E-state index contributed by atoms with van der Waals surface area (Å²) in [5.74, 6) is 0.637. The van der Waals surface area contributed by atoms with Gasteiger partial charge in [0, 0.05) is 52.0 Å². The predicted octanol–water partition coefficient (Wildman–Crippen LogP) is 10.9. The number of phenols is 2. The third kappa shape index (κ3) is 12.1.